The number of carbonyl (C=O) groups is 3. The van der Waals surface area contributed by atoms with Gasteiger partial charge in [-0.25, -0.2) is 4.79 Å². The smallest absolute Gasteiger partial charge is 0.320 e. The number of aryl methyl sites for hydroxylation is 1. The summed E-state index contributed by atoms with van der Waals surface area (Å²) in [7, 11) is 0. The number of anilines is 1. The van der Waals surface area contributed by atoms with Crippen molar-refractivity contribution < 1.29 is 14.4 Å². The minimum Gasteiger partial charge on any atom is -0.368 e. The van der Waals surface area contributed by atoms with Crippen molar-refractivity contribution in [2.75, 3.05) is 5.32 Å². The minimum absolute atomic E-state index is 0.200. The molecule has 9 heteroatoms. The Labute approximate surface area is 202 Å². The van der Waals surface area contributed by atoms with Gasteiger partial charge in [-0.2, -0.15) is 0 Å². The molecule has 1 heterocycles. The van der Waals surface area contributed by atoms with Gasteiger partial charge in [-0.05, 0) is 54.7 Å². The molecular weight excluding hydrogens is 454 g/mol. The lowest BCUT2D eigenvalue weighted by atomic mass is 9.78. The van der Waals surface area contributed by atoms with E-state index in [-0.39, 0.29) is 12.3 Å². The fraction of sp³-hybridized carbons (Fsp3) is 0.320. The number of nitrogens with two attached hydrogens (primary N) is 1. The molecule has 0 unspecified atom stereocenters. The van der Waals surface area contributed by atoms with E-state index in [1.165, 1.54) is 0 Å². The van der Waals surface area contributed by atoms with Crippen LogP contribution in [0.5, 0.6) is 0 Å². The van der Waals surface area contributed by atoms with E-state index in [1.54, 1.807) is 24.3 Å². The summed E-state index contributed by atoms with van der Waals surface area (Å²) < 4.78 is 0. The van der Waals surface area contributed by atoms with E-state index in [9.17, 15) is 14.4 Å². The SMILES string of the molecule is CC(C)[C@H](NC(=O)[C@]1(NC(=O)Nc2ccc(Cl)cc2)CCc2[nH]c3ccccc3c2C1)C(N)=O. The summed E-state index contributed by atoms with van der Waals surface area (Å²) in [6, 6.07) is 13.2. The Balaban J connectivity index is 1.66. The number of aromatic nitrogens is 1. The molecule has 4 amide bonds. The van der Waals surface area contributed by atoms with Gasteiger partial charge in [0.05, 0.1) is 0 Å². The molecule has 2 aromatic carbocycles. The van der Waals surface area contributed by atoms with Crippen LogP contribution in [-0.4, -0.2) is 34.4 Å². The van der Waals surface area contributed by atoms with Crippen LogP contribution in [0.1, 0.15) is 31.5 Å². The second-order valence-electron chi connectivity index (χ2n) is 9.07. The van der Waals surface area contributed by atoms with Gasteiger partial charge in [-0.1, -0.05) is 43.6 Å². The fourth-order valence-electron chi connectivity index (χ4n) is 4.52. The summed E-state index contributed by atoms with van der Waals surface area (Å²) in [6.07, 6.45) is 1.19. The number of halogens is 1. The van der Waals surface area contributed by atoms with Crippen molar-refractivity contribution in [3.8, 4) is 0 Å². The molecule has 0 radical (unpaired) electrons. The number of hydrogen-bond acceptors (Lipinski definition) is 3. The van der Waals surface area contributed by atoms with Crippen LogP contribution in [-0.2, 0) is 22.4 Å². The second-order valence-corrected chi connectivity index (χ2v) is 9.51. The van der Waals surface area contributed by atoms with E-state index in [4.69, 9.17) is 17.3 Å². The van der Waals surface area contributed by atoms with E-state index in [1.807, 2.05) is 38.1 Å². The standard InChI is InChI=1S/C25H28ClN5O3/c1-14(2)21(22(27)32)30-23(33)25(31-24(34)28-16-9-7-15(26)8-10-16)12-11-20-18(13-25)17-5-3-4-6-19(17)29-20/h3-10,14,21,29H,11-13H2,1-2H3,(H2,27,32)(H,30,33)(H2,28,31,34)/t21-,25-/m0/s1. The van der Waals surface area contributed by atoms with Crippen molar-refractivity contribution in [1.82, 2.24) is 15.6 Å². The summed E-state index contributed by atoms with van der Waals surface area (Å²) in [5.74, 6) is -1.26. The first-order chi connectivity index (χ1) is 16.2. The molecule has 34 heavy (non-hydrogen) atoms. The molecule has 178 valence electrons. The van der Waals surface area contributed by atoms with Crippen molar-refractivity contribution >= 4 is 46.0 Å². The number of para-hydroxylation sites is 1. The third kappa shape index (κ3) is 4.72. The fourth-order valence-corrected chi connectivity index (χ4v) is 4.64. The number of urea groups is 1. The number of rotatable bonds is 6. The van der Waals surface area contributed by atoms with E-state index in [0.29, 0.717) is 23.6 Å². The highest BCUT2D eigenvalue weighted by molar-refractivity contribution is 6.30. The number of nitrogens with one attached hydrogen (secondary N) is 4. The predicted molar refractivity (Wildman–Crippen MR) is 133 cm³/mol. The molecule has 2 atom stereocenters. The lowest BCUT2D eigenvalue weighted by molar-refractivity contribution is -0.132. The molecule has 0 spiro atoms. The Kier molecular flexibility index (Phi) is 6.52. The molecule has 0 saturated carbocycles. The van der Waals surface area contributed by atoms with Crippen LogP contribution in [0, 0.1) is 5.92 Å². The maximum Gasteiger partial charge on any atom is 0.320 e. The Morgan fingerprint density at radius 3 is 2.47 bits per heavy atom. The molecule has 1 aliphatic carbocycles. The number of primary amides is 1. The van der Waals surface area contributed by atoms with Gasteiger partial charge in [-0.3, -0.25) is 9.59 Å². The Morgan fingerprint density at radius 1 is 1.09 bits per heavy atom. The number of aromatic amines is 1. The number of hydrogen-bond donors (Lipinski definition) is 5. The quantitative estimate of drug-likeness (QED) is 0.369. The van der Waals surface area contributed by atoms with Crippen molar-refractivity contribution in [2.45, 2.75) is 44.7 Å². The van der Waals surface area contributed by atoms with Gasteiger partial charge in [-0.15, -0.1) is 0 Å². The molecule has 8 nitrogen and oxygen atoms in total. The first-order valence-electron chi connectivity index (χ1n) is 11.2. The average Bonchev–Trinajstić information content (AvgIpc) is 3.16. The highest BCUT2D eigenvalue weighted by atomic mass is 35.5. The van der Waals surface area contributed by atoms with E-state index in [0.717, 1.165) is 22.2 Å². The summed E-state index contributed by atoms with van der Waals surface area (Å²) in [6.45, 7) is 3.61. The molecule has 4 rings (SSSR count). The molecule has 1 aliphatic rings. The van der Waals surface area contributed by atoms with Crippen LogP contribution in [0.2, 0.25) is 5.02 Å². The minimum atomic E-state index is -1.27. The van der Waals surface area contributed by atoms with Crippen LogP contribution in [0.4, 0.5) is 10.5 Å². The zero-order valence-corrected chi connectivity index (χ0v) is 19.8. The number of carbonyl (C=O) groups excluding carboxylic acids is 3. The first kappa shape index (κ1) is 23.6. The molecule has 0 fully saturated rings. The van der Waals surface area contributed by atoms with Crippen molar-refractivity contribution in [3.63, 3.8) is 0 Å². The van der Waals surface area contributed by atoms with Crippen LogP contribution in [0.25, 0.3) is 10.9 Å². The van der Waals surface area contributed by atoms with Gasteiger partial charge in [0.2, 0.25) is 11.8 Å². The Hall–Kier alpha value is -3.52. The van der Waals surface area contributed by atoms with Gasteiger partial charge in [0.15, 0.2) is 0 Å². The lowest BCUT2D eigenvalue weighted by Crippen LogP contribution is -2.65. The lowest BCUT2D eigenvalue weighted by Gasteiger charge is -2.38. The van der Waals surface area contributed by atoms with Gasteiger partial charge >= 0.3 is 6.03 Å². The number of benzene rings is 2. The summed E-state index contributed by atoms with van der Waals surface area (Å²) in [4.78, 5) is 42.1. The third-order valence-electron chi connectivity index (χ3n) is 6.33. The van der Waals surface area contributed by atoms with Gasteiger partial charge in [0.25, 0.3) is 0 Å². The molecule has 6 N–H and O–H groups in total. The van der Waals surface area contributed by atoms with Gasteiger partial charge in [0, 0.05) is 33.7 Å². The van der Waals surface area contributed by atoms with Crippen LogP contribution >= 0.6 is 11.6 Å². The zero-order chi connectivity index (χ0) is 24.5. The third-order valence-corrected chi connectivity index (χ3v) is 6.58. The molecule has 0 bridgehead atoms. The molecule has 3 aromatic rings. The van der Waals surface area contributed by atoms with Gasteiger partial charge in [0.1, 0.15) is 11.6 Å². The van der Waals surface area contributed by atoms with Crippen molar-refractivity contribution in [2.24, 2.45) is 11.7 Å². The van der Waals surface area contributed by atoms with Crippen LogP contribution < -0.4 is 21.7 Å². The first-order valence-corrected chi connectivity index (χ1v) is 11.6. The Bertz CT molecular complexity index is 1240. The molecule has 0 aliphatic heterocycles. The highest BCUT2D eigenvalue weighted by Crippen LogP contribution is 2.34. The largest absolute Gasteiger partial charge is 0.368 e. The normalized spacial score (nSPS) is 18.2. The molecule has 1 aromatic heterocycles. The zero-order valence-electron chi connectivity index (χ0n) is 19.1. The summed E-state index contributed by atoms with van der Waals surface area (Å²) in [5, 5.41) is 10.0. The number of H-pyrrole nitrogens is 1. The van der Waals surface area contributed by atoms with Crippen molar-refractivity contribution in [1.29, 1.82) is 0 Å². The van der Waals surface area contributed by atoms with E-state index < -0.39 is 29.4 Å². The topological polar surface area (TPSA) is 129 Å². The Morgan fingerprint density at radius 2 is 1.79 bits per heavy atom. The van der Waals surface area contributed by atoms with Gasteiger partial charge < -0.3 is 26.7 Å². The van der Waals surface area contributed by atoms with E-state index >= 15 is 0 Å². The molecular formula is C25H28ClN5O3. The predicted octanol–water partition coefficient (Wildman–Crippen LogP) is 3.50. The highest BCUT2D eigenvalue weighted by Gasteiger charge is 2.45. The number of fused-ring (bicyclic) bond motifs is 3. The van der Waals surface area contributed by atoms with Crippen LogP contribution in [0.3, 0.4) is 0 Å². The second kappa shape index (κ2) is 9.38. The van der Waals surface area contributed by atoms with Crippen molar-refractivity contribution in [3.05, 3.63) is 64.8 Å². The van der Waals surface area contributed by atoms with E-state index in [2.05, 4.69) is 20.9 Å². The number of amides is 4. The maximum absolute atomic E-state index is 13.7. The monoisotopic (exact) mass is 481 g/mol. The summed E-state index contributed by atoms with van der Waals surface area (Å²) >= 11 is 5.93. The maximum atomic E-state index is 13.7. The van der Waals surface area contributed by atoms with Crippen LogP contribution in [0.15, 0.2) is 48.5 Å². The molecule has 0 saturated heterocycles. The average molecular weight is 482 g/mol. The summed E-state index contributed by atoms with van der Waals surface area (Å²) in [5.41, 5.74) is 7.81.